The Hall–Kier alpha value is -4.48. The molecular formula is C29H37FN6O5. The SMILES string of the molecule is CC(C)Cc1cc(F)cc2[nH]c(Cn3cccc(NC(=O)[C@H](CC/C=C/C(=O)N(C)C)OC(=O)N(C)C)c3=O)nc12. The summed E-state index contributed by atoms with van der Waals surface area (Å²) in [5, 5.41) is 2.57. The third-order valence-electron chi connectivity index (χ3n) is 6.10. The predicted molar refractivity (Wildman–Crippen MR) is 154 cm³/mol. The Morgan fingerprint density at radius 3 is 2.56 bits per heavy atom. The van der Waals surface area contributed by atoms with Gasteiger partial charge in [-0.25, -0.2) is 14.2 Å². The molecule has 3 rings (SSSR count). The minimum Gasteiger partial charge on any atom is -0.436 e. The van der Waals surface area contributed by atoms with Crippen LogP contribution < -0.4 is 10.9 Å². The van der Waals surface area contributed by atoms with E-state index in [-0.39, 0.29) is 36.8 Å². The number of nitrogens with zero attached hydrogens (tertiary/aromatic N) is 4. The minimum atomic E-state index is -1.21. The minimum absolute atomic E-state index is 0.00983. The molecule has 0 aliphatic heterocycles. The number of benzene rings is 1. The van der Waals surface area contributed by atoms with E-state index < -0.39 is 23.7 Å². The van der Waals surface area contributed by atoms with Crippen molar-refractivity contribution >= 4 is 34.6 Å². The number of anilines is 1. The zero-order valence-electron chi connectivity index (χ0n) is 24.2. The Bertz CT molecular complexity index is 1490. The number of amides is 3. The van der Waals surface area contributed by atoms with Gasteiger partial charge in [0, 0.05) is 34.4 Å². The number of hydrogen-bond donors (Lipinski definition) is 2. The lowest BCUT2D eigenvalue weighted by Crippen LogP contribution is -2.37. The summed E-state index contributed by atoms with van der Waals surface area (Å²) in [5.74, 6) is -0.500. The maximum absolute atomic E-state index is 14.2. The normalized spacial score (nSPS) is 12.1. The lowest BCUT2D eigenvalue weighted by molar-refractivity contribution is -0.125. The molecule has 12 heteroatoms. The smallest absolute Gasteiger partial charge is 0.410 e. The van der Waals surface area contributed by atoms with Crippen molar-refractivity contribution in [3.63, 3.8) is 0 Å². The zero-order valence-corrected chi connectivity index (χ0v) is 24.2. The number of carbonyl (C=O) groups is 3. The van der Waals surface area contributed by atoms with Gasteiger partial charge in [0.2, 0.25) is 5.91 Å². The fourth-order valence-electron chi connectivity index (χ4n) is 4.05. The van der Waals surface area contributed by atoms with E-state index in [1.54, 1.807) is 32.4 Å². The average molecular weight is 569 g/mol. The molecule has 1 atom stereocenters. The third-order valence-corrected chi connectivity index (χ3v) is 6.10. The van der Waals surface area contributed by atoms with Crippen LogP contribution >= 0.6 is 0 Å². The third kappa shape index (κ3) is 8.50. The van der Waals surface area contributed by atoms with Crippen LogP contribution in [0.2, 0.25) is 0 Å². The molecule has 11 nitrogen and oxygen atoms in total. The molecule has 2 heterocycles. The molecule has 220 valence electrons. The molecular weight excluding hydrogens is 531 g/mol. The van der Waals surface area contributed by atoms with Crippen molar-refractivity contribution < 1.29 is 23.5 Å². The highest BCUT2D eigenvalue weighted by Gasteiger charge is 2.24. The van der Waals surface area contributed by atoms with Gasteiger partial charge in [0.25, 0.3) is 11.5 Å². The first-order chi connectivity index (χ1) is 19.3. The van der Waals surface area contributed by atoms with E-state index in [0.717, 1.165) is 5.56 Å². The number of carbonyl (C=O) groups excluding carboxylic acids is 3. The molecule has 0 fully saturated rings. The maximum atomic E-state index is 14.2. The van der Waals surface area contributed by atoms with Crippen molar-refractivity contribution in [1.29, 1.82) is 0 Å². The molecule has 0 aliphatic rings. The van der Waals surface area contributed by atoms with Crippen LogP contribution in [0.1, 0.15) is 38.1 Å². The largest absolute Gasteiger partial charge is 0.436 e. The van der Waals surface area contributed by atoms with Gasteiger partial charge in [0.1, 0.15) is 17.3 Å². The van der Waals surface area contributed by atoms with Crippen molar-refractivity contribution in [2.75, 3.05) is 33.5 Å². The Labute approximate surface area is 238 Å². The standard InChI is InChI=1S/C29H37FN6O5/c1-18(2)14-19-15-20(30)16-22-26(19)33-24(31-22)17-36-13-9-10-21(28(36)39)32-27(38)23(41-29(40)35(5)6)11-7-8-12-25(37)34(3)4/h8-10,12-13,15-16,18,23H,7,11,14,17H2,1-6H3,(H,31,33)(H,32,38)/b12-8+/t23-/m0/s1. The lowest BCUT2D eigenvalue weighted by Gasteiger charge is -2.19. The number of nitrogens with one attached hydrogen (secondary N) is 2. The highest BCUT2D eigenvalue weighted by Crippen LogP contribution is 2.22. The molecule has 0 spiro atoms. The van der Waals surface area contributed by atoms with E-state index in [4.69, 9.17) is 4.74 Å². The van der Waals surface area contributed by atoms with Crippen LogP contribution in [0.25, 0.3) is 11.0 Å². The lowest BCUT2D eigenvalue weighted by atomic mass is 10.0. The van der Waals surface area contributed by atoms with Crippen molar-refractivity contribution in [2.24, 2.45) is 5.92 Å². The fourth-order valence-corrected chi connectivity index (χ4v) is 4.05. The van der Waals surface area contributed by atoms with E-state index in [0.29, 0.717) is 29.2 Å². The molecule has 3 aromatic rings. The van der Waals surface area contributed by atoms with Crippen molar-refractivity contribution in [3.8, 4) is 0 Å². The number of halogens is 1. The Kier molecular flexibility index (Phi) is 10.4. The molecule has 0 aliphatic carbocycles. The summed E-state index contributed by atoms with van der Waals surface area (Å²) in [5.41, 5.74) is 1.47. The summed E-state index contributed by atoms with van der Waals surface area (Å²) in [6.07, 6.45) is 3.62. The highest BCUT2D eigenvalue weighted by atomic mass is 19.1. The van der Waals surface area contributed by atoms with Gasteiger partial charge in [0.05, 0.1) is 17.6 Å². The number of allylic oxidation sites excluding steroid dienone is 1. The second kappa shape index (κ2) is 13.7. The van der Waals surface area contributed by atoms with E-state index >= 15 is 0 Å². The molecule has 3 amide bonds. The summed E-state index contributed by atoms with van der Waals surface area (Å²) >= 11 is 0. The predicted octanol–water partition coefficient (Wildman–Crippen LogP) is 3.54. The molecule has 0 bridgehead atoms. The first kappa shape index (κ1) is 31.1. The number of fused-ring (bicyclic) bond motifs is 1. The van der Waals surface area contributed by atoms with Crippen LogP contribution in [0.15, 0.2) is 47.4 Å². The van der Waals surface area contributed by atoms with Crippen molar-refractivity contribution in [3.05, 3.63) is 70.2 Å². The topological polar surface area (TPSA) is 130 Å². The van der Waals surface area contributed by atoms with E-state index in [1.165, 1.54) is 52.7 Å². The van der Waals surface area contributed by atoms with E-state index in [2.05, 4.69) is 15.3 Å². The van der Waals surface area contributed by atoms with Crippen LogP contribution in [0.4, 0.5) is 14.9 Å². The van der Waals surface area contributed by atoms with Crippen LogP contribution in [0.5, 0.6) is 0 Å². The van der Waals surface area contributed by atoms with Gasteiger partial charge in [-0.2, -0.15) is 0 Å². The number of pyridine rings is 1. The molecule has 1 aromatic carbocycles. The zero-order chi connectivity index (χ0) is 30.3. The molecule has 0 unspecified atom stereocenters. The van der Waals surface area contributed by atoms with Gasteiger partial charge in [-0.15, -0.1) is 0 Å². The fraction of sp³-hybridized carbons (Fsp3) is 0.414. The van der Waals surface area contributed by atoms with E-state index in [1.807, 2.05) is 13.8 Å². The number of imidazole rings is 1. The molecule has 2 aromatic heterocycles. The van der Waals surface area contributed by atoms with Crippen LogP contribution in [-0.4, -0.2) is 76.5 Å². The molecule has 0 saturated carbocycles. The van der Waals surface area contributed by atoms with Gasteiger partial charge in [0.15, 0.2) is 6.10 Å². The number of aromatic nitrogens is 3. The Morgan fingerprint density at radius 1 is 1.17 bits per heavy atom. The van der Waals surface area contributed by atoms with Gasteiger partial charge in [-0.3, -0.25) is 14.4 Å². The first-order valence-corrected chi connectivity index (χ1v) is 13.3. The maximum Gasteiger partial charge on any atom is 0.410 e. The van der Waals surface area contributed by atoms with Gasteiger partial charge in [-0.1, -0.05) is 19.9 Å². The molecule has 41 heavy (non-hydrogen) atoms. The van der Waals surface area contributed by atoms with Gasteiger partial charge < -0.3 is 29.4 Å². The summed E-state index contributed by atoms with van der Waals surface area (Å²) in [7, 11) is 6.21. The van der Waals surface area contributed by atoms with Crippen LogP contribution in [-0.2, 0) is 27.3 Å². The Morgan fingerprint density at radius 2 is 1.90 bits per heavy atom. The summed E-state index contributed by atoms with van der Waals surface area (Å²) in [6, 6.07) is 5.90. The second-order valence-electron chi connectivity index (χ2n) is 10.6. The first-order valence-electron chi connectivity index (χ1n) is 13.3. The van der Waals surface area contributed by atoms with Crippen LogP contribution in [0, 0.1) is 11.7 Å². The number of hydrogen-bond acceptors (Lipinski definition) is 6. The monoisotopic (exact) mass is 568 g/mol. The molecule has 2 N–H and O–H groups in total. The number of ether oxygens (including phenoxy) is 1. The van der Waals surface area contributed by atoms with E-state index in [9.17, 15) is 23.6 Å². The number of rotatable bonds is 11. The van der Waals surface area contributed by atoms with Crippen molar-refractivity contribution in [1.82, 2.24) is 24.3 Å². The average Bonchev–Trinajstić information content (AvgIpc) is 3.29. The van der Waals surface area contributed by atoms with Crippen LogP contribution in [0.3, 0.4) is 0 Å². The summed E-state index contributed by atoms with van der Waals surface area (Å²) < 4.78 is 20.9. The quantitative estimate of drug-likeness (QED) is 0.341. The second-order valence-corrected chi connectivity index (χ2v) is 10.6. The molecule has 0 radical (unpaired) electrons. The summed E-state index contributed by atoms with van der Waals surface area (Å²) in [6.45, 7) is 4.14. The number of likely N-dealkylation sites (N-methyl/N-ethyl adjacent to an activating group) is 1. The number of H-pyrrole nitrogens is 1. The summed E-state index contributed by atoms with van der Waals surface area (Å²) in [4.78, 5) is 60.6. The highest BCUT2D eigenvalue weighted by molar-refractivity contribution is 5.95. The molecule has 0 saturated heterocycles. The van der Waals surface area contributed by atoms with Crippen molar-refractivity contribution in [2.45, 2.75) is 45.8 Å². The van der Waals surface area contributed by atoms with Gasteiger partial charge >= 0.3 is 6.09 Å². The Balaban J connectivity index is 1.79. The number of aromatic amines is 1. The van der Waals surface area contributed by atoms with Gasteiger partial charge in [-0.05, 0) is 61.1 Å².